The van der Waals surface area contributed by atoms with Crippen LogP contribution in [-0.4, -0.2) is 23.5 Å². The highest BCUT2D eigenvalue weighted by Crippen LogP contribution is 2.16. The third-order valence-electron chi connectivity index (χ3n) is 2.25. The van der Waals surface area contributed by atoms with Crippen LogP contribution in [0.2, 0.25) is 5.02 Å². The molecule has 1 aromatic rings. The zero-order valence-corrected chi connectivity index (χ0v) is 9.95. The molecule has 1 saturated heterocycles. The van der Waals surface area contributed by atoms with Gasteiger partial charge in [-0.25, -0.2) is 4.79 Å². The van der Waals surface area contributed by atoms with Crippen molar-refractivity contribution >= 4 is 23.5 Å². The van der Waals surface area contributed by atoms with Crippen LogP contribution in [0.1, 0.15) is 11.1 Å². The van der Waals surface area contributed by atoms with Crippen molar-refractivity contribution in [2.75, 3.05) is 6.54 Å². The molecule has 0 radical (unpaired) electrons. The molecule has 0 bridgehead atoms. The molecule has 17 heavy (non-hydrogen) atoms. The molecule has 0 aliphatic carbocycles. The van der Waals surface area contributed by atoms with E-state index in [2.05, 4.69) is 5.32 Å². The maximum Gasteiger partial charge on any atom is 0.348 e. The molecule has 0 atom stereocenters. The second-order valence-electron chi connectivity index (χ2n) is 3.80. The predicted octanol–water partition coefficient (Wildman–Crippen LogP) is 1.63. The molecular weight excluding hydrogens is 244 g/mol. The van der Waals surface area contributed by atoms with Crippen LogP contribution in [0, 0.1) is 6.92 Å². The van der Waals surface area contributed by atoms with E-state index >= 15 is 0 Å². The van der Waals surface area contributed by atoms with Crippen molar-refractivity contribution in [1.82, 2.24) is 10.4 Å². The van der Waals surface area contributed by atoms with E-state index in [0.29, 0.717) is 5.02 Å². The van der Waals surface area contributed by atoms with Gasteiger partial charge in [-0.05, 0) is 30.2 Å². The van der Waals surface area contributed by atoms with Crippen LogP contribution in [0.25, 0.3) is 0 Å². The van der Waals surface area contributed by atoms with Crippen LogP contribution in [0.15, 0.2) is 18.2 Å². The minimum atomic E-state index is -0.534. The summed E-state index contributed by atoms with van der Waals surface area (Å²) in [4.78, 5) is 27.3. The van der Waals surface area contributed by atoms with Crippen molar-refractivity contribution in [1.29, 1.82) is 0 Å². The summed E-state index contributed by atoms with van der Waals surface area (Å²) in [5, 5.41) is 3.74. The van der Waals surface area contributed by atoms with Gasteiger partial charge in [-0.15, -0.1) is 0 Å². The Bertz CT molecular complexity index is 456. The number of benzene rings is 1. The minimum Gasteiger partial charge on any atom is -0.274 e. The molecule has 5 nitrogen and oxygen atoms in total. The summed E-state index contributed by atoms with van der Waals surface area (Å²) in [5.41, 5.74) is 1.86. The van der Waals surface area contributed by atoms with Crippen molar-refractivity contribution < 1.29 is 14.4 Å². The molecule has 90 valence electrons. The Morgan fingerprint density at radius 3 is 2.76 bits per heavy atom. The molecule has 0 spiro atoms. The van der Waals surface area contributed by atoms with Crippen LogP contribution in [-0.2, 0) is 16.2 Å². The summed E-state index contributed by atoms with van der Waals surface area (Å²) < 4.78 is 0. The van der Waals surface area contributed by atoms with Gasteiger partial charge in [0.05, 0.1) is 0 Å². The van der Waals surface area contributed by atoms with E-state index < -0.39 is 6.03 Å². The number of hydrogen-bond donors (Lipinski definition) is 1. The maximum absolute atomic E-state index is 11.2. The number of carbonyl (C=O) groups is 2. The first kappa shape index (κ1) is 11.9. The highest BCUT2D eigenvalue weighted by atomic mass is 35.5. The van der Waals surface area contributed by atoms with Crippen LogP contribution in [0.4, 0.5) is 4.79 Å². The Labute approximate surface area is 103 Å². The smallest absolute Gasteiger partial charge is 0.274 e. The first-order chi connectivity index (χ1) is 8.04. The number of hydroxylamine groups is 2. The molecule has 1 fully saturated rings. The van der Waals surface area contributed by atoms with Crippen LogP contribution < -0.4 is 5.32 Å². The lowest BCUT2D eigenvalue weighted by Gasteiger charge is -2.13. The lowest BCUT2D eigenvalue weighted by atomic mass is 10.1. The first-order valence-corrected chi connectivity index (χ1v) is 5.43. The molecule has 3 amide bonds. The molecule has 1 N–H and O–H groups in total. The minimum absolute atomic E-state index is 0.0711. The molecule has 1 aromatic carbocycles. The van der Waals surface area contributed by atoms with Gasteiger partial charge in [-0.2, -0.15) is 5.06 Å². The van der Waals surface area contributed by atoms with Crippen molar-refractivity contribution in [2.24, 2.45) is 0 Å². The number of nitrogens with one attached hydrogen (secondary N) is 1. The highest BCUT2D eigenvalue weighted by molar-refractivity contribution is 6.30. The van der Waals surface area contributed by atoms with Gasteiger partial charge in [0, 0.05) is 5.02 Å². The quantitative estimate of drug-likeness (QED) is 0.834. The molecule has 6 heteroatoms. The summed E-state index contributed by atoms with van der Waals surface area (Å²) in [5.74, 6) is -0.364. The summed E-state index contributed by atoms with van der Waals surface area (Å²) in [6.07, 6.45) is 0. The van der Waals surface area contributed by atoms with Gasteiger partial charge in [0.2, 0.25) is 5.91 Å². The van der Waals surface area contributed by atoms with Crippen molar-refractivity contribution in [3.8, 4) is 0 Å². The number of urea groups is 1. The second-order valence-corrected chi connectivity index (χ2v) is 4.24. The SMILES string of the molecule is Cc1cc(Cl)cc(CON2CC(=O)NC2=O)c1. The lowest BCUT2D eigenvalue weighted by Crippen LogP contribution is -2.28. The van der Waals surface area contributed by atoms with Gasteiger partial charge in [0.25, 0.3) is 0 Å². The van der Waals surface area contributed by atoms with Gasteiger partial charge in [0.15, 0.2) is 0 Å². The second kappa shape index (κ2) is 4.73. The third kappa shape index (κ3) is 2.95. The Morgan fingerprint density at radius 1 is 1.41 bits per heavy atom. The highest BCUT2D eigenvalue weighted by Gasteiger charge is 2.27. The Morgan fingerprint density at radius 2 is 2.18 bits per heavy atom. The van der Waals surface area contributed by atoms with Gasteiger partial charge in [-0.1, -0.05) is 17.7 Å². The number of aryl methyl sites for hydroxylation is 1. The van der Waals surface area contributed by atoms with Crippen molar-refractivity contribution in [2.45, 2.75) is 13.5 Å². The van der Waals surface area contributed by atoms with Gasteiger partial charge >= 0.3 is 6.03 Å². The fourth-order valence-corrected chi connectivity index (χ4v) is 1.89. The molecule has 1 aliphatic heterocycles. The molecule has 1 aliphatic rings. The topological polar surface area (TPSA) is 58.6 Å². The summed E-state index contributed by atoms with van der Waals surface area (Å²) >= 11 is 5.89. The van der Waals surface area contributed by atoms with Gasteiger partial charge < -0.3 is 0 Å². The normalized spacial score (nSPS) is 15.3. The predicted molar refractivity (Wildman–Crippen MR) is 61.2 cm³/mol. The monoisotopic (exact) mass is 254 g/mol. The third-order valence-corrected chi connectivity index (χ3v) is 2.47. The average molecular weight is 255 g/mol. The molecule has 0 saturated carbocycles. The van der Waals surface area contributed by atoms with E-state index in [0.717, 1.165) is 16.2 Å². The Kier molecular flexibility index (Phi) is 3.31. The van der Waals surface area contributed by atoms with Gasteiger partial charge in [0.1, 0.15) is 13.2 Å². The average Bonchev–Trinajstić information content (AvgIpc) is 2.53. The number of carbonyl (C=O) groups excluding carboxylic acids is 2. The largest absolute Gasteiger partial charge is 0.348 e. The lowest BCUT2D eigenvalue weighted by molar-refractivity contribution is -0.134. The van der Waals surface area contributed by atoms with E-state index in [9.17, 15) is 9.59 Å². The number of imide groups is 1. The molecule has 0 aromatic heterocycles. The summed E-state index contributed by atoms with van der Waals surface area (Å²) in [7, 11) is 0. The van der Waals surface area contributed by atoms with Crippen molar-refractivity contribution in [3.05, 3.63) is 34.3 Å². The summed E-state index contributed by atoms with van der Waals surface area (Å²) in [6.45, 7) is 2.04. The number of amides is 3. The number of rotatable bonds is 3. The maximum atomic E-state index is 11.2. The van der Waals surface area contributed by atoms with E-state index in [-0.39, 0.29) is 19.1 Å². The molecular formula is C11H11ClN2O3. The number of halogens is 1. The molecule has 1 heterocycles. The summed E-state index contributed by atoms with van der Waals surface area (Å²) in [6, 6.07) is 4.96. The van der Waals surface area contributed by atoms with Crippen LogP contribution in [0.3, 0.4) is 0 Å². The van der Waals surface area contributed by atoms with Gasteiger partial charge in [-0.3, -0.25) is 14.9 Å². The Hall–Kier alpha value is -1.59. The van der Waals surface area contributed by atoms with Crippen LogP contribution in [0.5, 0.6) is 0 Å². The molecule has 2 rings (SSSR count). The Balaban J connectivity index is 1.98. The van der Waals surface area contributed by atoms with Crippen LogP contribution >= 0.6 is 11.6 Å². The standard InChI is InChI=1S/C11H11ClN2O3/c1-7-2-8(4-9(12)3-7)6-17-14-5-10(15)13-11(14)16/h2-4H,5-6H2,1H3,(H,13,15,16). The number of hydrogen-bond acceptors (Lipinski definition) is 3. The first-order valence-electron chi connectivity index (χ1n) is 5.05. The zero-order chi connectivity index (χ0) is 12.4. The van der Waals surface area contributed by atoms with E-state index in [1.54, 1.807) is 6.07 Å². The zero-order valence-electron chi connectivity index (χ0n) is 9.20. The van der Waals surface area contributed by atoms with E-state index in [1.165, 1.54) is 0 Å². The van der Waals surface area contributed by atoms with E-state index in [4.69, 9.17) is 16.4 Å². The number of nitrogens with zero attached hydrogens (tertiary/aromatic N) is 1. The van der Waals surface area contributed by atoms with Crippen molar-refractivity contribution in [3.63, 3.8) is 0 Å². The van der Waals surface area contributed by atoms with E-state index in [1.807, 2.05) is 19.1 Å². The molecule has 0 unspecified atom stereocenters. The fraction of sp³-hybridized carbons (Fsp3) is 0.273. The fourth-order valence-electron chi connectivity index (χ4n) is 1.58.